The Morgan fingerprint density at radius 1 is 0.895 bits per heavy atom. The third-order valence-electron chi connectivity index (χ3n) is 3.28. The molecule has 2 heteroatoms. The average Bonchev–Trinajstić information content (AvgIpc) is 2.71. The first kappa shape index (κ1) is 11.8. The molecule has 1 aromatic carbocycles. The number of aromatic nitrogens is 1. The van der Waals surface area contributed by atoms with Crippen molar-refractivity contribution in [2.75, 3.05) is 11.9 Å². The van der Waals surface area contributed by atoms with Crippen molar-refractivity contribution >= 4 is 5.82 Å². The molecule has 94 valence electrons. The zero-order valence-corrected chi connectivity index (χ0v) is 10.9. The van der Waals surface area contributed by atoms with Gasteiger partial charge >= 0.3 is 0 Å². The molecule has 0 saturated carbocycles. The van der Waals surface area contributed by atoms with E-state index >= 15 is 0 Å². The van der Waals surface area contributed by atoms with Gasteiger partial charge in [-0.3, -0.25) is 5.32 Å². The van der Waals surface area contributed by atoms with Crippen LogP contribution in [0.3, 0.4) is 0 Å². The highest BCUT2D eigenvalue weighted by Gasteiger charge is 2.12. The van der Waals surface area contributed by atoms with E-state index in [2.05, 4.69) is 40.1 Å². The summed E-state index contributed by atoms with van der Waals surface area (Å²) in [5.74, 6) is 7.63. The van der Waals surface area contributed by atoms with Crippen molar-refractivity contribution in [1.29, 1.82) is 0 Å². The zero-order chi connectivity index (χ0) is 12.9. The van der Waals surface area contributed by atoms with Gasteiger partial charge in [-0.2, -0.15) is 0 Å². The van der Waals surface area contributed by atoms with Crippen molar-refractivity contribution in [3.05, 3.63) is 59.8 Å². The molecule has 1 aromatic heterocycles. The number of nitrogens with one attached hydrogen (secondary N) is 1. The number of aryl methyl sites for hydroxylation is 1. The first-order valence-electron chi connectivity index (χ1n) is 6.76. The van der Waals surface area contributed by atoms with Crippen LogP contribution in [0, 0.1) is 11.8 Å². The Bertz CT molecular complexity index is 621. The number of nitrogens with zero attached hydrogens (tertiary/aromatic N) is 1. The molecule has 0 amide bonds. The number of rotatable bonds is 0. The minimum Gasteiger partial charge on any atom is -0.274 e. The molecular weight excluding hydrogens is 232 g/mol. The maximum atomic E-state index is 3.44. The van der Waals surface area contributed by atoms with E-state index in [1.807, 2.05) is 30.3 Å². The molecule has 0 fully saturated rings. The van der Waals surface area contributed by atoms with E-state index in [0.29, 0.717) is 0 Å². The molecule has 0 radical (unpaired) electrons. The van der Waals surface area contributed by atoms with Crippen LogP contribution in [0.15, 0.2) is 48.7 Å². The molecule has 1 aliphatic heterocycles. The Labute approximate surface area is 114 Å². The highest BCUT2D eigenvalue weighted by molar-refractivity contribution is 5.42. The molecule has 2 nitrogen and oxygen atoms in total. The van der Waals surface area contributed by atoms with Crippen LogP contribution in [0.25, 0.3) is 0 Å². The van der Waals surface area contributed by atoms with Crippen molar-refractivity contribution in [3.8, 4) is 11.8 Å². The molecule has 0 bridgehead atoms. The fourth-order valence-electron chi connectivity index (χ4n) is 2.25. The monoisotopic (exact) mass is 249 g/mol. The average molecular weight is 249 g/mol. The number of hydrogen-bond acceptors (Lipinski definition) is 1. The van der Waals surface area contributed by atoms with Crippen LogP contribution in [-0.4, -0.2) is 6.54 Å². The lowest BCUT2D eigenvalue weighted by Crippen LogP contribution is -2.35. The maximum Gasteiger partial charge on any atom is 0.274 e. The predicted molar refractivity (Wildman–Crippen MR) is 76.8 cm³/mol. The number of hydrogen-bond donors (Lipinski definition) is 1. The molecule has 0 spiro atoms. The molecule has 2 heterocycles. The van der Waals surface area contributed by atoms with Gasteiger partial charge in [0, 0.05) is 11.6 Å². The van der Waals surface area contributed by atoms with Crippen molar-refractivity contribution in [3.63, 3.8) is 0 Å². The van der Waals surface area contributed by atoms with Gasteiger partial charge in [-0.05, 0) is 31.0 Å². The lowest BCUT2D eigenvalue weighted by Gasteiger charge is -2.02. The van der Waals surface area contributed by atoms with Crippen LogP contribution in [0.5, 0.6) is 0 Å². The van der Waals surface area contributed by atoms with Gasteiger partial charge in [-0.15, -0.1) is 0 Å². The summed E-state index contributed by atoms with van der Waals surface area (Å²) in [4.78, 5) is 0. The van der Waals surface area contributed by atoms with Crippen molar-refractivity contribution in [2.45, 2.75) is 19.4 Å². The minimum absolute atomic E-state index is 1.06. The van der Waals surface area contributed by atoms with Gasteiger partial charge in [0.15, 0.2) is 0 Å². The van der Waals surface area contributed by atoms with Crippen LogP contribution >= 0.6 is 0 Å². The summed E-state index contributed by atoms with van der Waals surface area (Å²) in [5, 5.41) is 3.44. The van der Waals surface area contributed by atoms with Crippen molar-refractivity contribution < 1.29 is 4.57 Å². The smallest absolute Gasteiger partial charge is 0.274 e. The van der Waals surface area contributed by atoms with Gasteiger partial charge in [0.05, 0.1) is 18.7 Å². The normalized spacial score (nSPS) is 13.5. The van der Waals surface area contributed by atoms with Gasteiger partial charge < -0.3 is 0 Å². The number of fused-ring (bicyclic) bond motifs is 1. The molecule has 19 heavy (non-hydrogen) atoms. The highest BCUT2D eigenvalue weighted by atomic mass is 15.1. The maximum absolute atomic E-state index is 3.44. The Balaban J connectivity index is 1.87. The van der Waals surface area contributed by atoms with Crippen LogP contribution < -0.4 is 9.88 Å². The molecular formula is C17H17N2+. The molecule has 0 atom stereocenters. The zero-order valence-electron chi connectivity index (χ0n) is 10.9. The molecule has 0 aliphatic carbocycles. The topological polar surface area (TPSA) is 15.9 Å². The van der Waals surface area contributed by atoms with E-state index in [0.717, 1.165) is 24.2 Å². The minimum atomic E-state index is 1.06. The van der Waals surface area contributed by atoms with Gasteiger partial charge in [-0.25, -0.2) is 4.57 Å². The van der Waals surface area contributed by atoms with Crippen LogP contribution in [0.4, 0.5) is 5.82 Å². The van der Waals surface area contributed by atoms with Gasteiger partial charge in [0.1, 0.15) is 6.20 Å². The predicted octanol–water partition coefficient (Wildman–Crippen LogP) is 2.58. The van der Waals surface area contributed by atoms with Gasteiger partial charge in [0.2, 0.25) is 0 Å². The second kappa shape index (κ2) is 5.58. The van der Waals surface area contributed by atoms with E-state index in [9.17, 15) is 0 Å². The lowest BCUT2D eigenvalue weighted by molar-refractivity contribution is -0.682. The van der Waals surface area contributed by atoms with E-state index in [1.165, 1.54) is 18.7 Å². The quantitative estimate of drug-likeness (QED) is 0.560. The van der Waals surface area contributed by atoms with Crippen LogP contribution in [0.2, 0.25) is 0 Å². The van der Waals surface area contributed by atoms with E-state index in [-0.39, 0.29) is 0 Å². The fraction of sp³-hybridized carbons (Fsp3) is 0.235. The van der Waals surface area contributed by atoms with E-state index < -0.39 is 0 Å². The summed E-state index contributed by atoms with van der Waals surface area (Å²) in [6.07, 6.45) is 4.59. The highest BCUT2D eigenvalue weighted by Crippen LogP contribution is 2.07. The summed E-state index contributed by atoms with van der Waals surface area (Å²) in [5.41, 5.74) is 2.12. The van der Waals surface area contributed by atoms with Gasteiger partial charge in [0.25, 0.3) is 5.82 Å². The first-order chi connectivity index (χ1) is 9.42. The van der Waals surface area contributed by atoms with E-state index in [4.69, 9.17) is 0 Å². The van der Waals surface area contributed by atoms with Crippen LogP contribution in [-0.2, 0) is 6.54 Å². The van der Waals surface area contributed by atoms with Crippen molar-refractivity contribution in [2.24, 2.45) is 0 Å². The summed E-state index contributed by atoms with van der Waals surface area (Å²) in [6, 6.07) is 14.3. The van der Waals surface area contributed by atoms with E-state index in [1.54, 1.807) is 0 Å². The Morgan fingerprint density at radius 3 is 2.63 bits per heavy atom. The lowest BCUT2D eigenvalue weighted by atomic mass is 10.2. The summed E-state index contributed by atoms with van der Waals surface area (Å²) in [6.45, 7) is 2.14. The third-order valence-corrected chi connectivity index (χ3v) is 3.28. The summed E-state index contributed by atoms with van der Waals surface area (Å²) < 4.78 is 2.27. The number of anilines is 1. The summed E-state index contributed by atoms with van der Waals surface area (Å²) >= 11 is 0. The summed E-state index contributed by atoms with van der Waals surface area (Å²) in [7, 11) is 0. The fourth-order valence-corrected chi connectivity index (χ4v) is 2.25. The van der Waals surface area contributed by atoms with Crippen LogP contribution in [0.1, 0.15) is 24.0 Å². The number of pyridine rings is 1. The first-order valence-corrected chi connectivity index (χ1v) is 6.76. The Hall–Kier alpha value is -2.27. The molecule has 2 aromatic rings. The Kier molecular flexibility index (Phi) is 3.47. The number of benzene rings is 1. The van der Waals surface area contributed by atoms with Crippen molar-refractivity contribution in [1.82, 2.24) is 0 Å². The molecule has 0 saturated heterocycles. The molecule has 1 aliphatic rings. The Morgan fingerprint density at radius 2 is 1.74 bits per heavy atom. The third kappa shape index (κ3) is 2.95. The standard InChI is InChI=1S/C17H16N2/c1-2-6-15(7-3-1)8-9-16-10-11-17-18-12-4-5-13-19(17)14-16/h1-3,6-7,10-11,14H,4-5,12-13H2/p+1. The second-order valence-corrected chi connectivity index (χ2v) is 4.75. The van der Waals surface area contributed by atoms with Gasteiger partial charge in [-0.1, -0.05) is 30.0 Å². The molecule has 1 N–H and O–H groups in total. The molecule has 3 rings (SSSR count). The second-order valence-electron chi connectivity index (χ2n) is 4.75. The SMILES string of the molecule is C(#Cc1ccc2[n+](c1)CCCCN2)c1ccccc1. The molecule has 0 unspecified atom stereocenters. The largest absolute Gasteiger partial charge is 0.274 e.